The number of piperidine rings is 1. The van der Waals surface area contributed by atoms with Crippen molar-refractivity contribution in [1.29, 1.82) is 0 Å². The van der Waals surface area contributed by atoms with Crippen LogP contribution in [0.3, 0.4) is 0 Å². The van der Waals surface area contributed by atoms with Crippen LogP contribution in [0.2, 0.25) is 0 Å². The number of fused-ring (bicyclic) bond motifs is 1. The van der Waals surface area contributed by atoms with Crippen LogP contribution in [0.1, 0.15) is 64.0 Å². The molecule has 21 heavy (non-hydrogen) atoms. The highest BCUT2D eigenvalue weighted by Gasteiger charge is 2.34. The van der Waals surface area contributed by atoms with Gasteiger partial charge in [-0.3, -0.25) is 4.79 Å². The van der Waals surface area contributed by atoms with E-state index in [4.69, 9.17) is 0 Å². The number of thiazole rings is 1. The van der Waals surface area contributed by atoms with Gasteiger partial charge >= 0.3 is 0 Å². The first kappa shape index (κ1) is 15.0. The number of hydrogen-bond donors (Lipinski definition) is 2. The average molecular weight is 307 g/mol. The average Bonchev–Trinajstić information content (AvgIpc) is 2.95. The molecule has 2 fully saturated rings. The molecule has 1 aliphatic carbocycles. The van der Waals surface area contributed by atoms with Crippen molar-refractivity contribution in [2.45, 2.75) is 70.4 Å². The zero-order chi connectivity index (χ0) is 14.8. The van der Waals surface area contributed by atoms with Crippen LogP contribution in [0.25, 0.3) is 0 Å². The summed E-state index contributed by atoms with van der Waals surface area (Å²) in [7, 11) is 0. The van der Waals surface area contributed by atoms with E-state index < -0.39 is 0 Å². The molecule has 1 amide bonds. The number of anilines is 1. The number of hydrogen-bond acceptors (Lipinski definition) is 4. The Morgan fingerprint density at radius 1 is 1.33 bits per heavy atom. The predicted octanol–water partition coefficient (Wildman–Crippen LogP) is 3.52. The first-order valence-corrected chi connectivity index (χ1v) is 9.04. The Labute approximate surface area is 130 Å². The van der Waals surface area contributed by atoms with E-state index in [9.17, 15) is 4.79 Å². The third-order valence-corrected chi connectivity index (χ3v) is 5.59. The van der Waals surface area contributed by atoms with Crippen LogP contribution in [0.4, 0.5) is 5.13 Å². The highest BCUT2D eigenvalue weighted by atomic mass is 32.1. The third kappa shape index (κ3) is 3.46. The molecule has 1 aromatic heterocycles. The van der Waals surface area contributed by atoms with Gasteiger partial charge in [-0.25, -0.2) is 4.98 Å². The van der Waals surface area contributed by atoms with Gasteiger partial charge in [-0.1, -0.05) is 26.7 Å². The first-order valence-electron chi connectivity index (χ1n) is 8.16. The summed E-state index contributed by atoms with van der Waals surface area (Å²) >= 11 is 1.52. The van der Waals surface area contributed by atoms with E-state index in [0.717, 1.165) is 23.2 Å². The lowest BCUT2D eigenvalue weighted by atomic mass is 9.77. The minimum Gasteiger partial charge on any atom is -0.303 e. The van der Waals surface area contributed by atoms with E-state index in [-0.39, 0.29) is 11.9 Å². The lowest BCUT2D eigenvalue weighted by molar-refractivity contribution is -0.119. The fourth-order valence-corrected chi connectivity index (χ4v) is 4.38. The fraction of sp³-hybridized carbons (Fsp3) is 0.750. The zero-order valence-corrected chi connectivity index (χ0v) is 13.7. The molecule has 1 aliphatic heterocycles. The molecule has 0 radical (unpaired) electrons. The molecule has 3 rings (SSSR count). The lowest BCUT2D eigenvalue weighted by Crippen LogP contribution is -2.53. The van der Waals surface area contributed by atoms with Crippen molar-refractivity contribution < 1.29 is 4.79 Å². The Kier molecular flexibility index (Phi) is 4.60. The second-order valence-electron chi connectivity index (χ2n) is 6.67. The van der Waals surface area contributed by atoms with Crippen molar-refractivity contribution in [3.8, 4) is 0 Å². The maximum atomic E-state index is 12.4. The second kappa shape index (κ2) is 6.44. The molecule has 5 heteroatoms. The molecule has 3 unspecified atom stereocenters. The molecule has 116 valence electrons. The van der Waals surface area contributed by atoms with E-state index in [2.05, 4.69) is 29.5 Å². The van der Waals surface area contributed by atoms with Gasteiger partial charge in [0.15, 0.2) is 5.13 Å². The molecule has 2 heterocycles. The Bertz CT molecular complexity index is 499. The Morgan fingerprint density at radius 3 is 2.90 bits per heavy atom. The zero-order valence-electron chi connectivity index (χ0n) is 12.9. The summed E-state index contributed by atoms with van der Waals surface area (Å²) in [6.07, 6.45) is 7.35. The largest absolute Gasteiger partial charge is 0.303 e. The summed E-state index contributed by atoms with van der Waals surface area (Å²) in [6, 6.07) is 0.501. The molecule has 2 N–H and O–H groups in total. The standard InChI is InChI=1S/C16H25N3OS/c1-10(2)14-9-21-16(18-14)19-15(20)13-8-7-11-5-3-4-6-12(11)17-13/h9-13,17H,3-8H2,1-2H3,(H,18,19,20). The van der Waals surface area contributed by atoms with Crippen molar-refractivity contribution in [2.24, 2.45) is 5.92 Å². The number of amides is 1. The Hall–Kier alpha value is -0.940. The van der Waals surface area contributed by atoms with Gasteiger partial charge in [-0.2, -0.15) is 0 Å². The fourth-order valence-electron chi connectivity index (χ4n) is 3.50. The van der Waals surface area contributed by atoms with E-state index >= 15 is 0 Å². The molecule has 1 saturated carbocycles. The Balaban J connectivity index is 1.57. The molecule has 2 aliphatic rings. The highest BCUT2D eigenvalue weighted by molar-refractivity contribution is 7.13. The lowest BCUT2D eigenvalue weighted by Gasteiger charge is -2.39. The van der Waals surface area contributed by atoms with Crippen LogP contribution in [0.15, 0.2) is 5.38 Å². The molecule has 0 bridgehead atoms. The molecular weight excluding hydrogens is 282 g/mol. The molecule has 4 nitrogen and oxygen atoms in total. The minimum absolute atomic E-state index is 0.0456. The van der Waals surface area contributed by atoms with Crippen LogP contribution >= 0.6 is 11.3 Å². The summed E-state index contributed by atoms with van der Waals surface area (Å²) in [5.74, 6) is 1.28. The smallest absolute Gasteiger partial charge is 0.243 e. The normalized spacial score (nSPS) is 29.2. The van der Waals surface area contributed by atoms with Crippen molar-refractivity contribution in [1.82, 2.24) is 10.3 Å². The summed E-state index contributed by atoms with van der Waals surface area (Å²) in [5.41, 5.74) is 1.05. The van der Waals surface area contributed by atoms with Gasteiger partial charge in [-0.05, 0) is 37.5 Å². The van der Waals surface area contributed by atoms with Gasteiger partial charge < -0.3 is 10.6 Å². The molecule has 1 saturated heterocycles. The number of nitrogens with zero attached hydrogens (tertiary/aromatic N) is 1. The van der Waals surface area contributed by atoms with Crippen molar-refractivity contribution >= 4 is 22.4 Å². The van der Waals surface area contributed by atoms with E-state index in [1.54, 1.807) is 0 Å². The SMILES string of the molecule is CC(C)c1csc(NC(=O)C2CCC3CCCCC3N2)n1. The van der Waals surface area contributed by atoms with E-state index in [1.165, 1.54) is 43.4 Å². The van der Waals surface area contributed by atoms with Crippen LogP contribution in [0, 0.1) is 5.92 Å². The quantitative estimate of drug-likeness (QED) is 0.898. The van der Waals surface area contributed by atoms with Gasteiger partial charge in [0.05, 0.1) is 11.7 Å². The molecule has 0 spiro atoms. The Morgan fingerprint density at radius 2 is 2.14 bits per heavy atom. The number of carbonyl (C=O) groups excluding carboxylic acids is 1. The number of carbonyl (C=O) groups is 1. The van der Waals surface area contributed by atoms with Crippen LogP contribution in [-0.2, 0) is 4.79 Å². The molecular formula is C16H25N3OS. The summed E-state index contributed by atoms with van der Waals surface area (Å²) in [4.78, 5) is 16.9. The van der Waals surface area contributed by atoms with Crippen LogP contribution in [0.5, 0.6) is 0 Å². The van der Waals surface area contributed by atoms with Gasteiger partial charge in [0, 0.05) is 11.4 Å². The van der Waals surface area contributed by atoms with Gasteiger partial charge in [0.2, 0.25) is 5.91 Å². The first-order chi connectivity index (χ1) is 10.1. The summed E-state index contributed by atoms with van der Waals surface area (Å²) in [6.45, 7) is 4.24. The molecule has 1 aromatic rings. The van der Waals surface area contributed by atoms with Crippen molar-refractivity contribution in [2.75, 3.05) is 5.32 Å². The van der Waals surface area contributed by atoms with E-state index in [0.29, 0.717) is 12.0 Å². The van der Waals surface area contributed by atoms with Gasteiger partial charge in [-0.15, -0.1) is 11.3 Å². The van der Waals surface area contributed by atoms with Gasteiger partial charge in [0.25, 0.3) is 0 Å². The van der Waals surface area contributed by atoms with Crippen LogP contribution < -0.4 is 10.6 Å². The number of rotatable bonds is 3. The van der Waals surface area contributed by atoms with E-state index in [1.807, 2.05) is 5.38 Å². The number of aromatic nitrogens is 1. The maximum Gasteiger partial charge on any atom is 0.243 e. The monoisotopic (exact) mass is 307 g/mol. The predicted molar refractivity (Wildman–Crippen MR) is 86.7 cm³/mol. The highest BCUT2D eigenvalue weighted by Crippen LogP contribution is 2.32. The second-order valence-corrected chi connectivity index (χ2v) is 7.53. The third-order valence-electron chi connectivity index (χ3n) is 4.81. The minimum atomic E-state index is -0.0456. The van der Waals surface area contributed by atoms with Gasteiger partial charge in [0.1, 0.15) is 0 Å². The maximum absolute atomic E-state index is 12.4. The summed E-state index contributed by atoms with van der Waals surface area (Å²) < 4.78 is 0. The van der Waals surface area contributed by atoms with Crippen molar-refractivity contribution in [3.63, 3.8) is 0 Å². The topological polar surface area (TPSA) is 54.0 Å². The molecule has 0 aromatic carbocycles. The van der Waals surface area contributed by atoms with Crippen molar-refractivity contribution in [3.05, 3.63) is 11.1 Å². The van der Waals surface area contributed by atoms with Crippen LogP contribution in [-0.4, -0.2) is 23.0 Å². The number of nitrogens with one attached hydrogen (secondary N) is 2. The molecule has 3 atom stereocenters. The summed E-state index contributed by atoms with van der Waals surface area (Å²) in [5, 5.41) is 9.32.